The summed E-state index contributed by atoms with van der Waals surface area (Å²) >= 11 is 1.43. The molecule has 0 aromatic heterocycles. The van der Waals surface area contributed by atoms with Gasteiger partial charge in [0.15, 0.2) is 6.10 Å². The summed E-state index contributed by atoms with van der Waals surface area (Å²) in [6.45, 7) is 0. The molecule has 5 nitrogen and oxygen atoms in total. The molecule has 0 aliphatic rings. The van der Waals surface area contributed by atoms with Gasteiger partial charge in [-0.05, 0) is 18.4 Å². The second kappa shape index (κ2) is 6.51. The molecule has 0 fully saturated rings. The Hall–Kier alpha value is -1.40. The van der Waals surface area contributed by atoms with Crippen molar-refractivity contribution in [3.05, 3.63) is 17.7 Å². The molecule has 0 aliphatic heterocycles. The summed E-state index contributed by atoms with van der Waals surface area (Å²) in [6.07, 6.45) is 0.469. The van der Waals surface area contributed by atoms with Crippen LogP contribution in [0.4, 0.5) is 0 Å². The molecular formula is C12H16O5S. The molecule has 0 saturated carbocycles. The minimum absolute atomic E-state index is 0.327. The zero-order valence-corrected chi connectivity index (χ0v) is 11.5. The van der Waals surface area contributed by atoms with Crippen LogP contribution >= 0.6 is 11.8 Å². The lowest BCUT2D eigenvalue weighted by molar-refractivity contribution is -0.150. The van der Waals surface area contributed by atoms with E-state index in [9.17, 15) is 9.90 Å². The molecule has 0 amide bonds. The predicted octanol–water partition coefficient (Wildman–Crippen LogP) is 1.63. The van der Waals surface area contributed by atoms with E-state index in [1.54, 1.807) is 12.1 Å². The van der Waals surface area contributed by atoms with Crippen LogP contribution in [0.1, 0.15) is 11.7 Å². The Bertz CT molecular complexity index is 433. The fourth-order valence-corrected chi connectivity index (χ4v) is 2.15. The van der Waals surface area contributed by atoms with E-state index in [2.05, 4.69) is 4.74 Å². The van der Waals surface area contributed by atoms with E-state index >= 15 is 0 Å². The lowest BCUT2D eigenvalue weighted by Crippen LogP contribution is -2.15. The van der Waals surface area contributed by atoms with E-state index in [0.29, 0.717) is 17.1 Å². The highest BCUT2D eigenvalue weighted by Gasteiger charge is 2.24. The SMILES string of the molecule is COC(=O)C(O)c1cc(OC)cc(SC)c1OC. The topological polar surface area (TPSA) is 65.0 Å². The largest absolute Gasteiger partial charge is 0.497 e. The lowest BCUT2D eigenvalue weighted by Gasteiger charge is -2.17. The second-order valence-corrected chi connectivity index (χ2v) is 4.23. The van der Waals surface area contributed by atoms with Crippen LogP contribution in [0.5, 0.6) is 11.5 Å². The number of aliphatic hydroxyl groups is 1. The van der Waals surface area contributed by atoms with Crippen molar-refractivity contribution in [1.29, 1.82) is 0 Å². The Morgan fingerprint density at radius 3 is 2.39 bits per heavy atom. The van der Waals surface area contributed by atoms with Gasteiger partial charge in [0, 0.05) is 5.56 Å². The molecule has 0 radical (unpaired) electrons. The Balaban J connectivity index is 3.34. The number of esters is 1. The number of ether oxygens (including phenoxy) is 3. The van der Waals surface area contributed by atoms with E-state index in [4.69, 9.17) is 9.47 Å². The minimum atomic E-state index is -1.40. The highest BCUT2D eigenvalue weighted by molar-refractivity contribution is 7.98. The number of methoxy groups -OCH3 is 3. The third-order valence-corrected chi connectivity index (χ3v) is 3.18. The molecular weight excluding hydrogens is 256 g/mol. The molecule has 1 unspecified atom stereocenters. The van der Waals surface area contributed by atoms with Gasteiger partial charge >= 0.3 is 5.97 Å². The first-order chi connectivity index (χ1) is 8.58. The van der Waals surface area contributed by atoms with Crippen molar-refractivity contribution < 1.29 is 24.1 Å². The first-order valence-electron chi connectivity index (χ1n) is 5.14. The van der Waals surface area contributed by atoms with Gasteiger partial charge in [0.1, 0.15) is 11.5 Å². The average molecular weight is 272 g/mol. The van der Waals surface area contributed by atoms with Gasteiger partial charge in [0.05, 0.1) is 26.2 Å². The minimum Gasteiger partial charge on any atom is -0.497 e. The van der Waals surface area contributed by atoms with Crippen molar-refractivity contribution in [2.75, 3.05) is 27.6 Å². The summed E-state index contributed by atoms with van der Waals surface area (Å²) in [7, 11) is 4.21. The monoisotopic (exact) mass is 272 g/mol. The quantitative estimate of drug-likeness (QED) is 0.649. The van der Waals surface area contributed by atoms with Crippen molar-refractivity contribution in [2.24, 2.45) is 0 Å². The van der Waals surface area contributed by atoms with Gasteiger partial charge in [-0.3, -0.25) is 0 Å². The van der Waals surface area contributed by atoms with Gasteiger partial charge in [-0.1, -0.05) is 0 Å². The van der Waals surface area contributed by atoms with Crippen LogP contribution in [0.3, 0.4) is 0 Å². The third kappa shape index (κ3) is 2.88. The summed E-state index contributed by atoms with van der Waals surface area (Å²) in [5.74, 6) is 0.243. The molecule has 0 heterocycles. The van der Waals surface area contributed by atoms with Gasteiger partial charge < -0.3 is 19.3 Å². The van der Waals surface area contributed by atoms with Gasteiger partial charge in [-0.15, -0.1) is 11.8 Å². The predicted molar refractivity (Wildman–Crippen MR) is 68.3 cm³/mol. The van der Waals surface area contributed by atoms with Gasteiger partial charge in [0.2, 0.25) is 0 Å². The second-order valence-electron chi connectivity index (χ2n) is 3.38. The Kier molecular flexibility index (Phi) is 5.30. The van der Waals surface area contributed by atoms with Gasteiger partial charge in [0.25, 0.3) is 0 Å². The molecule has 100 valence electrons. The van der Waals surface area contributed by atoms with Crippen molar-refractivity contribution in [3.63, 3.8) is 0 Å². The van der Waals surface area contributed by atoms with Gasteiger partial charge in [-0.25, -0.2) is 4.79 Å². The van der Waals surface area contributed by atoms with Crippen LogP contribution in [-0.2, 0) is 9.53 Å². The normalized spacial score (nSPS) is 11.8. The first kappa shape index (κ1) is 14.7. The number of thioether (sulfide) groups is 1. The summed E-state index contributed by atoms with van der Waals surface area (Å²) in [6, 6.07) is 3.33. The standard InChI is InChI=1S/C12H16O5S/c1-15-7-5-8(10(13)12(14)17-3)11(16-2)9(6-7)18-4/h5-6,10,13H,1-4H3. The van der Waals surface area contributed by atoms with Crippen molar-refractivity contribution >= 4 is 17.7 Å². The number of carbonyl (C=O) groups is 1. The Morgan fingerprint density at radius 2 is 1.94 bits per heavy atom. The van der Waals surface area contributed by atoms with Crippen LogP contribution in [0.25, 0.3) is 0 Å². The molecule has 0 saturated heterocycles. The number of rotatable bonds is 5. The van der Waals surface area contributed by atoms with E-state index in [1.807, 2.05) is 6.26 Å². The zero-order valence-electron chi connectivity index (χ0n) is 10.7. The summed E-state index contributed by atoms with van der Waals surface area (Å²) in [5.41, 5.74) is 0.327. The molecule has 1 aromatic rings. The van der Waals surface area contributed by atoms with Crippen LogP contribution in [0, 0.1) is 0 Å². The molecule has 6 heteroatoms. The molecule has 1 atom stereocenters. The van der Waals surface area contributed by atoms with Gasteiger partial charge in [-0.2, -0.15) is 0 Å². The maximum absolute atomic E-state index is 11.4. The maximum Gasteiger partial charge on any atom is 0.339 e. The third-order valence-electron chi connectivity index (χ3n) is 2.44. The lowest BCUT2D eigenvalue weighted by atomic mass is 10.1. The Morgan fingerprint density at radius 1 is 1.28 bits per heavy atom. The fourth-order valence-electron chi connectivity index (χ4n) is 1.53. The molecule has 1 aromatic carbocycles. The molecule has 0 bridgehead atoms. The number of hydrogen-bond donors (Lipinski definition) is 1. The number of benzene rings is 1. The number of carbonyl (C=O) groups excluding carboxylic acids is 1. The number of hydrogen-bond acceptors (Lipinski definition) is 6. The maximum atomic E-state index is 11.4. The average Bonchev–Trinajstić information content (AvgIpc) is 2.43. The first-order valence-corrected chi connectivity index (χ1v) is 6.37. The van der Waals surface area contributed by atoms with Crippen LogP contribution in [0.2, 0.25) is 0 Å². The summed E-state index contributed by atoms with van der Waals surface area (Å²) in [4.78, 5) is 12.2. The summed E-state index contributed by atoms with van der Waals surface area (Å²) in [5, 5.41) is 9.92. The molecule has 18 heavy (non-hydrogen) atoms. The van der Waals surface area contributed by atoms with Crippen molar-refractivity contribution in [2.45, 2.75) is 11.0 Å². The summed E-state index contributed by atoms with van der Waals surface area (Å²) < 4.78 is 14.9. The van der Waals surface area contributed by atoms with Crippen LogP contribution in [-0.4, -0.2) is 38.7 Å². The Labute approximate surface area is 110 Å². The molecule has 1 rings (SSSR count). The smallest absolute Gasteiger partial charge is 0.339 e. The molecule has 1 N–H and O–H groups in total. The highest BCUT2D eigenvalue weighted by atomic mass is 32.2. The zero-order chi connectivity index (χ0) is 13.7. The van der Waals surface area contributed by atoms with Crippen molar-refractivity contribution in [1.82, 2.24) is 0 Å². The van der Waals surface area contributed by atoms with E-state index < -0.39 is 12.1 Å². The molecule has 0 spiro atoms. The van der Waals surface area contributed by atoms with Crippen LogP contribution < -0.4 is 9.47 Å². The number of aliphatic hydroxyl groups excluding tert-OH is 1. The fraction of sp³-hybridized carbons (Fsp3) is 0.417. The van der Waals surface area contributed by atoms with E-state index in [1.165, 1.54) is 33.1 Å². The van der Waals surface area contributed by atoms with E-state index in [0.717, 1.165) is 4.90 Å². The van der Waals surface area contributed by atoms with E-state index in [-0.39, 0.29) is 0 Å². The van der Waals surface area contributed by atoms with Crippen molar-refractivity contribution in [3.8, 4) is 11.5 Å². The van der Waals surface area contributed by atoms with Crippen LogP contribution in [0.15, 0.2) is 17.0 Å². The molecule has 0 aliphatic carbocycles. The highest BCUT2D eigenvalue weighted by Crippen LogP contribution is 2.38.